The maximum Gasteiger partial charge on any atom is 0.137 e. The van der Waals surface area contributed by atoms with Gasteiger partial charge in [0.05, 0.1) is 6.10 Å². The molecule has 0 saturated carbocycles. The van der Waals surface area contributed by atoms with Crippen LogP contribution in [0, 0.1) is 5.41 Å². The minimum Gasteiger partial charge on any atom is -0.398 e. The molecule has 0 radical (unpaired) electrons. The van der Waals surface area contributed by atoms with Crippen molar-refractivity contribution in [2.45, 2.75) is 13.0 Å². The van der Waals surface area contributed by atoms with E-state index in [1.165, 1.54) is 12.5 Å². The van der Waals surface area contributed by atoms with E-state index in [1.54, 1.807) is 19.1 Å². The predicted molar refractivity (Wildman–Crippen MR) is 82.0 cm³/mol. The van der Waals surface area contributed by atoms with Crippen molar-refractivity contribution < 1.29 is 5.11 Å². The van der Waals surface area contributed by atoms with Gasteiger partial charge in [0.2, 0.25) is 0 Å². The lowest BCUT2D eigenvalue weighted by Gasteiger charge is -2.10. The first-order valence-electron chi connectivity index (χ1n) is 6.35. The van der Waals surface area contributed by atoms with Crippen LogP contribution in [-0.4, -0.2) is 38.9 Å². The van der Waals surface area contributed by atoms with Gasteiger partial charge in [-0.25, -0.2) is 15.0 Å². The Morgan fingerprint density at radius 2 is 2.00 bits per heavy atom. The van der Waals surface area contributed by atoms with Crippen LogP contribution in [0.3, 0.4) is 0 Å². The smallest absolute Gasteiger partial charge is 0.137 e. The molecule has 2 aromatic rings. The third-order valence-electron chi connectivity index (χ3n) is 2.63. The number of nitrogens with zero attached hydrogens (tertiary/aromatic N) is 3. The minimum atomic E-state index is -0.466. The highest BCUT2D eigenvalue weighted by Gasteiger charge is 2.04. The van der Waals surface area contributed by atoms with Gasteiger partial charge >= 0.3 is 0 Å². The van der Waals surface area contributed by atoms with Crippen LogP contribution in [0.1, 0.15) is 12.5 Å². The number of nitrogens with one attached hydrogen (secondary N) is 3. The van der Waals surface area contributed by atoms with Gasteiger partial charge in [-0.2, -0.15) is 0 Å². The molecule has 2 aromatic heterocycles. The number of pyridine rings is 1. The summed E-state index contributed by atoms with van der Waals surface area (Å²) in [7, 11) is 0. The van der Waals surface area contributed by atoms with Crippen LogP contribution < -0.4 is 16.4 Å². The van der Waals surface area contributed by atoms with E-state index >= 15 is 0 Å². The summed E-state index contributed by atoms with van der Waals surface area (Å²) in [6.45, 7) is 2.08. The standard InChI is InChI=1S/C13H17N7O/c1-8(21)5-16-11-3-13(19-7-18-11)20-12-2-10(15)9(4-14)6-17-12/h2-4,6-8,14,21H,5H2,1H3,(H4,15,16,17,18,19,20)/t8-/m0/s1. The van der Waals surface area contributed by atoms with Crippen LogP contribution in [0.5, 0.6) is 0 Å². The Balaban J connectivity index is 2.10. The summed E-state index contributed by atoms with van der Waals surface area (Å²) in [5.41, 5.74) is 6.81. The monoisotopic (exact) mass is 287 g/mol. The normalized spacial score (nSPS) is 11.7. The topological polar surface area (TPSA) is 133 Å². The van der Waals surface area contributed by atoms with Gasteiger partial charge in [-0.05, 0) is 6.92 Å². The largest absolute Gasteiger partial charge is 0.398 e. The third kappa shape index (κ3) is 4.11. The first-order valence-corrected chi connectivity index (χ1v) is 6.35. The quantitative estimate of drug-likeness (QED) is 0.500. The van der Waals surface area contributed by atoms with Crippen LogP contribution in [0.2, 0.25) is 0 Å². The van der Waals surface area contributed by atoms with E-state index in [2.05, 4.69) is 25.6 Å². The van der Waals surface area contributed by atoms with Gasteiger partial charge in [0.1, 0.15) is 23.8 Å². The average molecular weight is 287 g/mol. The number of rotatable bonds is 6. The van der Waals surface area contributed by atoms with E-state index in [9.17, 15) is 5.11 Å². The van der Waals surface area contributed by atoms with Gasteiger partial charge in [0.15, 0.2) is 0 Å². The van der Waals surface area contributed by atoms with Gasteiger partial charge in [0, 0.05) is 42.3 Å². The van der Waals surface area contributed by atoms with Crippen molar-refractivity contribution in [3.05, 3.63) is 30.2 Å². The van der Waals surface area contributed by atoms with Crippen molar-refractivity contribution in [3.63, 3.8) is 0 Å². The van der Waals surface area contributed by atoms with E-state index in [0.29, 0.717) is 35.2 Å². The number of anilines is 4. The van der Waals surface area contributed by atoms with Gasteiger partial charge in [-0.3, -0.25) is 0 Å². The van der Waals surface area contributed by atoms with Crippen molar-refractivity contribution in [2.75, 3.05) is 22.9 Å². The van der Waals surface area contributed by atoms with Crippen molar-refractivity contribution in [1.29, 1.82) is 5.41 Å². The number of aromatic nitrogens is 3. The summed E-state index contributed by atoms with van der Waals surface area (Å²) in [6.07, 6.45) is 3.60. The van der Waals surface area contributed by atoms with E-state index in [0.717, 1.165) is 6.21 Å². The predicted octanol–water partition coefficient (Wildman–Crippen LogP) is 0.988. The van der Waals surface area contributed by atoms with E-state index in [-0.39, 0.29) is 0 Å². The lowest BCUT2D eigenvalue weighted by molar-refractivity contribution is 0.208. The summed E-state index contributed by atoms with van der Waals surface area (Å²) in [5.74, 6) is 1.67. The molecule has 2 rings (SSSR count). The summed E-state index contributed by atoms with van der Waals surface area (Å²) >= 11 is 0. The summed E-state index contributed by atoms with van der Waals surface area (Å²) in [4.78, 5) is 12.3. The number of aliphatic hydroxyl groups is 1. The molecule has 0 amide bonds. The highest BCUT2D eigenvalue weighted by atomic mass is 16.3. The number of nitrogen functional groups attached to an aromatic ring is 1. The molecule has 0 saturated heterocycles. The average Bonchev–Trinajstić information content (AvgIpc) is 2.46. The van der Waals surface area contributed by atoms with Gasteiger partial charge in [-0.15, -0.1) is 0 Å². The second-order valence-corrected chi connectivity index (χ2v) is 4.49. The maximum atomic E-state index is 9.23. The van der Waals surface area contributed by atoms with E-state index < -0.39 is 6.10 Å². The molecule has 0 aromatic carbocycles. The zero-order valence-corrected chi connectivity index (χ0v) is 11.5. The second-order valence-electron chi connectivity index (χ2n) is 4.49. The lowest BCUT2D eigenvalue weighted by atomic mass is 10.2. The second kappa shape index (κ2) is 6.62. The van der Waals surface area contributed by atoms with E-state index in [4.69, 9.17) is 11.1 Å². The first kappa shape index (κ1) is 14.7. The molecule has 2 heterocycles. The molecule has 0 aliphatic rings. The fraction of sp³-hybridized carbons (Fsp3) is 0.231. The van der Waals surface area contributed by atoms with E-state index in [1.807, 2.05) is 0 Å². The number of nitrogens with two attached hydrogens (primary N) is 1. The summed E-state index contributed by atoms with van der Waals surface area (Å²) in [5, 5.41) is 22.4. The molecule has 8 heteroatoms. The lowest BCUT2D eigenvalue weighted by Crippen LogP contribution is -2.16. The Kier molecular flexibility index (Phi) is 4.62. The summed E-state index contributed by atoms with van der Waals surface area (Å²) in [6, 6.07) is 3.33. The van der Waals surface area contributed by atoms with Crippen LogP contribution >= 0.6 is 0 Å². The Hall–Kier alpha value is -2.74. The Morgan fingerprint density at radius 1 is 1.29 bits per heavy atom. The van der Waals surface area contributed by atoms with Crippen LogP contribution in [-0.2, 0) is 0 Å². The molecular formula is C13H17N7O. The first-order chi connectivity index (χ1) is 10.1. The van der Waals surface area contributed by atoms with Crippen molar-refractivity contribution in [2.24, 2.45) is 0 Å². The number of aliphatic hydroxyl groups excluding tert-OH is 1. The molecule has 8 nitrogen and oxygen atoms in total. The maximum absolute atomic E-state index is 9.23. The zero-order valence-electron chi connectivity index (χ0n) is 11.5. The number of hydrogen-bond donors (Lipinski definition) is 5. The van der Waals surface area contributed by atoms with Crippen molar-refractivity contribution in [1.82, 2.24) is 15.0 Å². The molecule has 1 atom stereocenters. The van der Waals surface area contributed by atoms with Crippen LogP contribution in [0.4, 0.5) is 23.1 Å². The fourth-order valence-electron chi connectivity index (χ4n) is 1.58. The minimum absolute atomic E-state index is 0.398. The van der Waals surface area contributed by atoms with Gasteiger partial charge < -0.3 is 26.9 Å². The zero-order chi connectivity index (χ0) is 15.2. The molecule has 6 N–H and O–H groups in total. The highest BCUT2D eigenvalue weighted by molar-refractivity contribution is 5.85. The van der Waals surface area contributed by atoms with Crippen LogP contribution in [0.15, 0.2) is 24.7 Å². The Labute approximate surface area is 122 Å². The molecule has 21 heavy (non-hydrogen) atoms. The van der Waals surface area contributed by atoms with Crippen molar-refractivity contribution >= 4 is 29.4 Å². The Bertz CT molecular complexity index is 630. The summed E-state index contributed by atoms with van der Waals surface area (Å²) < 4.78 is 0. The molecule has 0 fully saturated rings. The SMILES string of the molecule is C[C@H](O)CNc1cc(Nc2cc(N)c(C=N)cn2)ncn1. The third-order valence-corrected chi connectivity index (χ3v) is 2.63. The Morgan fingerprint density at radius 3 is 2.67 bits per heavy atom. The highest BCUT2D eigenvalue weighted by Crippen LogP contribution is 2.18. The molecule has 0 spiro atoms. The number of hydrogen-bond acceptors (Lipinski definition) is 8. The van der Waals surface area contributed by atoms with Gasteiger partial charge in [0.25, 0.3) is 0 Å². The van der Waals surface area contributed by atoms with Crippen molar-refractivity contribution in [3.8, 4) is 0 Å². The van der Waals surface area contributed by atoms with Gasteiger partial charge in [-0.1, -0.05) is 0 Å². The fourth-order valence-corrected chi connectivity index (χ4v) is 1.58. The molecule has 0 unspecified atom stereocenters. The molecule has 0 aliphatic carbocycles. The molecular weight excluding hydrogens is 270 g/mol. The van der Waals surface area contributed by atoms with Crippen LogP contribution in [0.25, 0.3) is 0 Å². The molecule has 0 bridgehead atoms. The molecule has 0 aliphatic heterocycles. The molecule has 110 valence electrons.